The molecule has 0 aliphatic carbocycles. The van der Waals surface area contributed by atoms with E-state index in [9.17, 15) is 14.0 Å². The number of carbonyl (C=O) groups excluding carboxylic acids is 2. The number of hydrogen-bond donors (Lipinski definition) is 2. The Kier molecular flexibility index (Phi) is 4.87. The Morgan fingerprint density at radius 3 is 2.68 bits per heavy atom. The average Bonchev–Trinajstić information content (AvgIpc) is 3.12. The molecule has 1 fully saturated rings. The summed E-state index contributed by atoms with van der Waals surface area (Å²) in [6.07, 6.45) is 0.630. The molecule has 1 unspecified atom stereocenters. The number of rotatable bonds is 3. The second-order valence-corrected chi connectivity index (χ2v) is 5.76. The molecule has 2 heterocycles. The topological polar surface area (TPSA) is 87.2 Å². The van der Waals surface area contributed by atoms with E-state index in [0.717, 1.165) is 0 Å². The Hall–Kier alpha value is -3.03. The maximum atomic E-state index is 13.7. The Morgan fingerprint density at radius 2 is 2.00 bits per heavy atom. The second kappa shape index (κ2) is 7.25. The molecule has 0 radical (unpaired) electrons. The Bertz CT molecular complexity index is 781. The summed E-state index contributed by atoms with van der Waals surface area (Å²) in [5, 5.41) is 13.1. The van der Waals surface area contributed by atoms with E-state index in [-0.39, 0.29) is 29.5 Å². The Balaban J connectivity index is 1.63. The number of urea groups is 1. The van der Waals surface area contributed by atoms with Crippen molar-refractivity contribution in [3.05, 3.63) is 42.2 Å². The van der Waals surface area contributed by atoms with Gasteiger partial charge in [0.25, 0.3) is 0 Å². The van der Waals surface area contributed by atoms with Crippen LogP contribution in [0.25, 0.3) is 11.3 Å². The molecule has 0 bridgehead atoms. The fourth-order valence-electron chi connectivity index (χ4n) is 2.76. The number of aromatic nitrogens is 2. The van der Waals surface area contributed by atoms with Crippen LogP contribution in [0, 0.1) is 11.7 Å². The quantitative estimate of drug-likeness (QED) is 0.891. The molecule has 7 nitrogen and oxygen atoms in total. The van der Waals surface area contributed by atoms with Crippen LogP contribution in [0.5, 0.6) is 0 Å². The molecule has 1 aromatic heterocycles. The van der Waals surface area contributed by atoms with Crippen LogP contribution >= 0.6 is 0 Å². The van der Waals surface area contributed by atoms with E-state index in [1.54, 1.807) is 42.3 Å². The highest BCUT2D eigenvalue weighted by Gasteiger charge is 2.30. The van der Waals surface area contributed by atoms with Crippen molar-refractivity contribution in [3.63, 3.8) is 0 Å². The van der Waals surface area contributed by atoms with Crippen LogP contribution in [0.15, 0.2) is 36.4 Å². The molecule has 8 heteroatoms. The third-order valence-electron chi connectivity index (χ3n) is 4.14. The zero-order chi connectivity index (χ0) is 17.8. The highest BCUT2D eigenvalue weighted by molar-refractivity contribution is 5.89. The van der Waals surface area contributed by atoms with Gasteiger partial charge in [0.2, 0.25) is 5.91 Å². The van der Waals surface area contributed by atoms with Crippen molar-refractivity contribution >= 4 is 17.8 Å². The molecule has 1 saturated heterocycles. The second-order valence-electron chi connectivity index (χ2n) is 5.76. The predicted octanol–water partition coefficient (Wildman–Crippen LogP) is 1.88. The first-order valence-corrected chi connectivity index (χ1v) is 7.94. The maximum Gasteiger partial charge on any atom is 0.323 e. The van der Waals surface area contributed by atoms with E-state index < -0.39 is 0 Å². The summed E-state index contributed by atoms with van der Waals surface area (Å²) in [4.78, 5) is 25.4. The monoisotopic (exact) mass is 343 g/mol. The molecule has 0 spiro atoms. The SMILES string of the molecule is CNC(=O)C1CCN(C(=O)Nc2ccc(-c3ccccc3F)nn2)C1. The standard InChI is InChI=1S/C17H18FN5O2/c1-19-16(24)11-8-9-23(10-11)17(25)20-15-7-6-14(21-22-15)12-4-2-3-5-13(12)18/h2-7,11H,8-10H2,1H3,(H,19,24)(H,20,22,25). The summed E-state index contributed by atoms with van der Waals surface area (Å²) in [7, 11) is 1.58. The van der Waals surface area contributed by atoms with E-state index >= 15 is 0 Å². The highest BCUT2D eigenvalue weighted by atomic mass is 19.1. The van der Waals surface area contributed by atoms with Gasteiger partial charge in [0.1, 0.15) is 5.82 Å². The Labute approximate surface area is 144 Å². The lowest BCUT2D eigenvalue weighted by atomic mass is 10.1. The van der Waals surface area contributed by atoms with Crippen molar-refractivity contribution in [1.82, 2.24) is 20.4 Å². The molecule has 3 rings (SSSR count). The minimum atomic E-state index is -0.383. The first-order valence-electron chi connectivity index (χ1n) is 7.94. The minimum Gasteiger partial charge on any atom is -0.359 e. The van der Waals surface area contributed by atoms with Gasteiger partial charge in [-0.25, -0.2) is 9.18 Å². The molecule has 1 aromatic carbocycles. The molecule has 3 amide bonds. The largest absolute Gasteiger partial charge is 0.359 e. The number of hydrogen-bond acceptors (Lipinski definition) is 4. The van der Waals surface area contributed by atoms with E-state index in [4.69, 9.17) is 0 Å². The summed E-state index contributed by atoms with van der Waals surface area (Å²) in [5.41, 5.74) is 0.734. The fraction of sp³-hybridized carbons (Fsp3) is 0.294. The van der Waals surface area contributed by atoms with E-state index in [1.165, 1.54) is 6.07 Å². The lowest BCUT2D eigenvalue weighted by Gasteiger charge is -2.16. The predicted molar refractivity (Wildman–Crippen MR) is 90.2 cm³/mol. The van der Waals surface area contributed by atoms with Crippen molar-refractivity contribution in [2.24, 2.45) is 5.92 Å². The highest BCUT2D eigenvalue weighted by Crippen LogP contribution is 2.21. The van der Waals surface area contributed by atoms with E-state index in [0.29, 0.717) is 30.8 Å². The van der Waals surface area contributed by atoms with Crippen LogP contribution in [-0.4, -0.2) is 47.2 Å². The van der Waals surface area contributed by atoms with Crippen molar-refractivity contribution in [2.75, 3.05) is 25.5 Å². The van der Waals surface area contributed by atoms with Crippen LogP contribution in [0.4, 0.5) is 15.0 Å². The van der Waals surface area contributed by atoms with E-state index in [2.05, 4.69) is 20.8 Å². The molecule has 25 heavy (non-hydrogen) atoms. The van der Waals surface area contributed by atoms with Crippen LogP contribution in [0.2, 0.25) is 0 Å². The number of likely N-dealkylation sites (tertiary alicyclic amines) is 1. The van der Waals surface area contributed by atoms with Crippen molar-refractivity contribution in [1.29, 1.82) is 0 Å². The molecule has 1 atom stereocenters. The van der Waals surface area contributed by atoms with Gasteiger partial charge in [-0.3, -0.25) is 10.1 Å². The fourth-order valence-corrected chi connectivity index (χ4v) is 2.76. The number of carbonyl (C=O) groups is 2. The van der Waals surface area contributed by atoms with Crippen molar-refractivity contribution < 1.29 is 14.0 Å². The third kappa shape index (κ3) is 3.73. The van der Waals surface area contributed by atoms with Gasteiger partial charge >= 0.3 is 6.03 Å². The first kappa shape index (κ1) is 16.8. The number of nitrogens with zero attached hydrogens (tertiary/aromatic N) is 3. The summed E-state index contributed by atoms with van der Waals surface area (Å²) in [6.45, 7) is 0.872. The van der Waals surface area contributed by atoms with Crippen LogP contribution in [0.3, 0.4) is 0 Å². The summed E-state index contributed by atoms with van der Waals surface area (Å²) in [5.74, 6) is -0.367. The molecule has 2 N–H and O–H groups in total. The van der Waals surface area contributed by atoms with Gasteiger partial charge in [0.05, 0.1) is 11.6 Å². The van der Waals surface area contributed by atoms with Gasteiger partial charge in [-0.05, 0) is 30.7 Å². The van der Waals surface area contributed by atoms with E-state index in [1.807, 2.05) is 0 Å². The third-order valence-corrected chi connectivity index (χ3v) is 4.14. The summed E-state index contributed by atoms with van der Waals surface area (Å²) < 4.78 is 13.7. The number of nitrogens with one attached hydrogen (secondary N) is 2. The van der Waals surface area contributed by atoms with Gasteiger partial charge in [-0.15, -0.1) is 10.2 Å². The molecule has 1 aliphatic heterocycles. The number of halogens is 1. The first-order chi connectivity index (χ1) is 12.1. The van der Waals surface area contributed by atoms with Gasteiger partial charge in [0, 0.05) is 25.7 Å². The Morgan fingerprint density at radius 1 is 1.20 bits per heavy atom. The minimum absolute atomic E-state index is 0.0654. The molecule has 130 valence electrons. The van der Waals surface area contributed by atoms with Crippen molar-refractivity contribution in [3.8, 4) is 11.3 Å². The molecular weight excluding hydrogens is 325 g/mol. The number of anilines is 1. The zero-order valence-electron chi connectivity index (χ0n) is 13.7. The average molecular weight is 343 g/mol. The van der Waals surface area contributed by atoms with Crippen molar-refractivity contribution in [2.45, 2.75) is 6.42 Å². The normalized spacial score (nSPS) is 16.6. The molecule has 0 saturated carbocycles. The van der Waals surface area contributed by atoms with Gasteiger partial charge < -0.3 is 10.2 Å². The van der Waals surface area contributed by atoms with Crippen LogP contribution in [-0.2, 0) is 4.79 Å². The lowest BCUT2D eigenvalue weighted by molar-refractivity contribution is -0.124. The number of amides is 3. The smallest absolute Gasteiger partial charge is 0.323 e. The zero-order valence-corrected chi connectivity index (χ0v) is 13.7. The lowest BCUT2D eigenvalue weighted by Crippen LogP contribution is -2.35. The molecule has 2 aromatic rings. The summed E-state index contributed by atoms with van der Waals surface area (Å²) in [6, 6.07) is 9.11. The molecule has 1 aliphatic rings. The maximum absolute atomic E-state index is 13.7. The van der Waals surface area contributed by atoms with Crippen LogP contribution in [0.1, 0.15) is 6.42 Å². The van der Waals surface area contributed by atoms with Crippen LogP contribution < -0.4 is 10.6 Å². The molecular formula is C17H18FN5O2. The van der Waals surface area contributed by atoms with Gasteiger partial charge in [-0.2, -0.15) is 0 Å². The number of benzene rings is 1. The summed E-state index contributed by atoms with van der Waals surface area (Å²) >= 11 is 0. The van der Waals surface area contributed by atoms with Gasteiger partial charge in [-0.1, -0.05) is 12.1 Å². The van der Waals surface area contributed by atoms with Gasteiger partial charge in [0.15, 0.2) is 5.82 Å².